The fourth-order valence-corrected chi connectivity index (χ4v) is 1.28. The summed E-state index contributed by atoms with van der Waals surface area (Å²) in [6.45, 7) is 3.20. The molecule has 0 aromatic rings. The van der Waals surface area contributed by atoms with Crippen molar-refractivity contribution < 1.29 is 9.59 Å². The molecule has 0 aromatic heterocycles. The molecular formula is C7H14N4O2. The van der Waals surface area contributed by atoms with Crippen LogP contribution in [-0.4, -0.2) is 42.4 Å². The number of piperazine rings is 1. The van der Waals surface area contributed by atoms with Crippen molar-refractivity contribution in [3.05, 3.63) is 0 Å². The van der Waals surface area contributed by atoms with Gasteiger partial charge in [-0.05, 0) is 6.92 Å². The molecule has 0 radical (unpaired) electrons. The van der Waals surface area contributed by atoms with Gasteiger partial charge in [0.2, 0.25) is 11.8 Å². The first-order chi connectivity index (χ1) is 6.15. The molecule has 1 aliphatic heterocycles. The molecule has 2 amide bonds. The number of nitrogens with one attached hydrogen (secondary N) is 2. The van der Waals surface area contributed by atoms with Crippen LogP contribution in [0.2, 0.25) is 0 Å². The fourth-order valence-electron chi connectivity index (χ4n) is 1.28. The summed E-state index contributed by atoms with van der Waals surface area (Å²) in [7, 11) is 0. The van der Waals surface area contributed by atoms with E-state index in [4.69, 9.17) is 5.84 Å². The van der Waals surface area contributed by atoms with Gasteiger partial charge in [-0.15, -0.1) is 0 Å². The van der Waals surface area contributed by atoms with Crippen molar-refractivity contribution >= 4 is 11.8 Å². The van der Waals surface area contributed by atoms with Crippen molar-refractivity contribution in [2.24, 2.45) is 5.84 Å². The van der Waals surface area contributed by atoms with Crippen molar-refractivity contribution in [3.8, 4) is 0 Å². The molecule has 13 heavy (non-hydrogen) atoms. The molecule has 1 unspecified atom stereocenters. The van der Waals surface area contributed by atoms with E-state index in [0.29, 0.717) is 13.1 Å². The Bertz CT molecular complexity index is 219. The van der Waals surface area contributed by atoms with Crippen LogP contribution >= 0.6 is 0 Å². The highest BCUT2D eigenvalue weighted by Gasteiger charge is 2.26. The van der Waals surface area contributed by atoms with Gasteiger partial charge in [0.05, 0.1) is 12.6 Å². The average Bonchev–Trinajstić information content (AvgIpc) is 2.13. The van der Waals surface area contributed by atoms with Crippen molar-refractivity contribution in [2.75, 3.05) is 19.6 Å². The van der Waals surface area contributed by atoms with Gasteiger partial charge < -0.3 is 5.32 Å². The lowest BCUT2D eigenvalue weighted by Crippen LogP contribution is -2.56. The quantitative estimate of drug-likeness (QED) is 0.259. The van der Waals surface area contributed by atoms with E-state index in [1.165, 1.54) is 0 Å². The third kappa shape index (κ3) is 2.40. The number of amides is 2. The van der Waals surface area contributed by atoms with E-state index in [2.05, 4.69) is 5.32 Å². The second-order valence-electron chi connectivity index (χ2n) is 3.00. The lowest BCUT2D eigenvalue weighted by atomic mass is 10.2. The maximum atomic E-state index is 11.2. The first-order valence-corrected chi connectivity index (χ1v) is 4.16. The highest BCUT2D eigenvalue weighted by atomic mass is 16.2. The van der Waals surface area contributed by atoms with Crippen molar-refractivity contribution in [2.45, 2.75) is 13.0 Å². The minimum Gasteiger partial charge on any atom is -0.353 e. The molecule has 6 heteroatoms. The van der Waals surface area contributed by atoms with E-state index in [0.717, 1.165) is 0 Å². The van der Waals surface area contributed by atoms with Gasteiger partial charge in [-0.3, -0.25) is 19.9 Å². The number of nitrogens with two attached hydrogens (primary N) is 1. The Morgan fingerprint density at radius 3 is 3.15 bits per heavy atom. The van der Waals surface area contributed by atoms with E-state index in [1.807, 2.05) is 5.43 Å². The van der Waals surface area contributed by atoms with Crippen LogP contribution in [-0.2, 0) is 9.59 Å². The van der Waals surface area contributed by atoms with Crippen molar-refractivity contribution in [1.82, 2.24) is 15.6 Å². The molecule has 1 atom stereocenters. The van der Waals surface area contributed by atoms with E-state index in [9.17, 15) is 9.59 Å². The van der Waals surface area contributed by atoms with Gasteiger partial charge >= 0.3 is 0 Å². The highest BCUT2D eigenvalue weighted by Crippen LogP contribution is 2.02. The third-order valence-electron chi connectivity index (χ3n) is 2.13. The third-order valence-corrected chi connectivity index (χ3v) is 2.13. The lowest BCUT2D eigenvalue weighted by Gasteiger charge is -2.31. The van der Waals surface area contributed by atoms with E-state index in [1.54, 1.807) is 11.8 Å². The van der Waals surface area contributed by atoms with Crippen LogP contribution in [0.5, 0.6) is 0 Å². The zero-order valence-corrected chi connectivity index (χ0v) is 7.54. The van der Waals surface area contributed by atoms with E-state index < -0.39 is 0 Å². The summed E-state index contributed by atoms with van der Waals surface area (Å²) in [5.74, 6) is 4.62. The Morgan fingerprint density at radius 2 is 2.54 bits per heavy atom. The zero-order chi connectivity index (χ0) is 9.84. The van der Waals surface area contributed by atoms with E-state index >= 15 is 0 Å². The molecular weight excluding hydrogens is 172 g/mol. The van der Waals surface area contributed by atoms with Gasteiger partial charge in [0.1, 0.15) is 0 Å². The van der Waals surface area contributed by atoms with Gasteiger partial charge in [0.25, 0.3) is 0 Å². The molecule has 6 nitrogen and oxygen atoms in total. The molecule has 0 saturated carbocycles. The second-order valence-corrected chi connectivity index (χ2v) is 3.00. The van der Waals surface area contributed by atoms with Gasteiger partial charge in [-0.2, -0.15) is 0 Å². The molecule has 1 saturated heterocycles. The standard InChI is InChI=1S/C7H14N4O2/c1-5-7(13)9-2-3-11(5)4-6(12)10-8/h5H,2-4,8H2,1H3,(H,9,13)(H,10,12). The molecule has 0 bridgehead atoms. The summed E-state index contributed by atoms with van der Waals surface area (Å²) in [6.07, 6.45) is 0. The first kappa shape index (κ1) is 9.94. The molecule has 1 aliphatic rings. The Hall–Kier alpha value is -1.14. The number of rotatable bonds is 2. The molecule has 1 rings (SSSR count). The Kier molecular flexibility index (Phi) is 3.21. The average molecular weight is 186 g/mol. The number of carbonyl (C=O) groups excluding carboxylic acids is 2. The molecule has 4 N–H and O–H groups in total. The number of hydrogen-bond donors (Lipinski definition) is 3. The van der Waals surface area contributed by atoms with Gasteiger partial charge in [-0.1, -0.05) is 0 Å². The van der Waals surface area contributed by atoms with Crippen LogP contribution in [0, 0.1) is 0 Å². The van der Waals surface area contributed by atoms with Crippen molar-refractivity contribution in [3.63, 3.8) is 0 Å². The number of carbonyl (C=O) groups is 2. The Labute approximate surface area is 76.4 Å². The molecule has 1 heterocycles. The fraction of sp³-hybridized carbons (Fsp3) is 0.714. The summed E-state index contributed by atoms with van der Waals surface area (Å²) < 4.78 is 0. The maximum absolute atomic E-state index is 11.2. The SMILES string of the molecule is CC1C(=O)NCCN1CC(=O)NN. The predicted octanol–water partition coefficient (Wildman–Crippen LogP) is -2.20. The van der Waals surface area contributed by atoms with Crippen LogP contribution in [0.3, 0.4) is 0 Å². The number of hydrazine groups is 1. The molecule has 74 valence electrons. The molecule has 0 spiro atoms. The summed E-state index contributed by atoms with van der Waals surface area (Å²) in [6, 6.07) is -0.258. The van der Waals surface area contributed by atoms with Crippen LogP contribution in [0.4, 0.5) is 0 Å². The van der Waals surface area contributed by atoms with Gasteiger partial charge in [0.15, 0.2) is 0 Å². The number of hydrogen-bond acceptors (Lipinski definition) is 4. The second kappa shape index (κ2) is 4.20. The van der Waals surface area contributed by atoms with Crippen LogP contribution in [0.15, 0.2) is 0 Å². The number of nitrogens with zero attached hydrogens (tertiary/aromatic N) is 1. The highest BCUT2D eigenvalue weighted by molar-refractivity contribution is 5.83. The van der Waals surface area contributed by atoms with Crippen LogP contribution < -0.4 is 16.6 Å². The van der Waals surface area contributed by atoms with Gasteiger partial charge in [0, 0.05) is 13.1 Å². The van der Waals surface area contributed by atoms with Gasteiger partial charge in [-0.25, -0.2) is 5.84 Å². The summed E-state index contributed by atoms with van der Waals surface area (Å²) in [4.78, 5) is 23.9. The lowest BCUT2D eigenvalue weighted by molar-refractivity contribution is -0.130. The van der Waals surface area contributed by atoms with Crippen LogP contribution in [0.1, 0.15) is 6.92 Å². The Morgan fingerprint density at radius 1 is 1.85 bits per heavy atom. The summed E-state index contributed by atoms with van der Waals surface area (Å²) in [5.41, 5.74) is 2.04. The topological polar surface area (TPSA) is 87.5 Å². The van der Waals surface area contributed by atoms with Crippen molar-refractivity contribution in [1.29, 1.82) is 0 Å². The summed E-state index contributed by atoms with van der Waals surface area (Å²) in [5, 5.41) is 2.71. The predicted molar refractivity (Wildman–Crippen MR) is 46.4 cm³/mol. The zero-order valence-electron chi connectivity index (χ0n) is 7.54. The maximum Gasteiger partial charge on any atom is 0.248 e. The smallest absolute Gasteiger partial charge is 0.248 e. The van der Waals surface area contributed by atoms with Crippen LogP contribution in [0.25, 0.3) is 0 Å². The largest absolute Gasteiger partial charge is 0.353 e. The van der Waals surface area contributed by atoms with E-state index in [-0.39, 0.29) is 24.4 Å². The monoisotopic (exact) mass is 186 g/mol. The summed E-state index contributed by atoms with van der Waals surface area (Å²) >= 11 is 0. The molecule has 0 aliphatic carbocycles. The normalized spacial score (nSPS) is 23.8. The molecule has 1 fully saturated rings. The first-order valence-electron chi connectivity index (χ1n) is 4.16. The minimum atomic E-state index is -0.276. The molecule has 0 aromatic carbocycles. The minimum absolute atomic E-state index is 0.0453. The Balaban J connectivity index is 2.48.